The zero-order valence-electron chi connectivity index (χ0n) is 43.0. The largest absolute Gasteiger partial charge is 0.468 e. The van der Waals surface area contributed by atoms with Gasteiger partial charge in [-0.15, -0.1) is 0 Å². The molecule has 1 aliphatic carbocycles. The number of furan rings is 1. The van der Waals surface area contributed by atoms with Crippen molar-refractivity contribution in [3.63, 3.8) is 0 Å². The van der Waals surface area contributed by atoms with Crippen LogP contribution in [0.25, 0.3) is 22.1 Å². The summed E-state index contributed by atoms with van der Waals surface area (Å²) in [7, 11) is 0. The summed E-state index contributed by atoms with van der Waals surface area (Å²) in [6, 6.07) is 38.3. The Bertz CT molecular complexity index is 3100. The van der Waals surface area contributed by atoms with Crippen LogP contribution in [0.15, 0.2) is 101 Å². The molecule has 2 aliphatic heterocycles. The van der Waals surface area contributed by atoms with E-state index in [0.29, 0.717) is 0 Å². The van der Waals surface area contributed by atoms with Crippen LogP contribution in [0.5, 0.6) is 0 Å². The predicted octanol–water partition coefficient (Wildman–Crippen LogP) is 15.7. The quantitative estimate of drug-likeness (QED) is 0.165. The van der Waals surface area contributed by atoms with Crippen molar-refractivity contribution in [1.82, 2.24) is 0 Å². The Kier molecular flexibility index (Phi) is 9.76. The van der Waals surface area contributed by atoms with E-state index in [0.717, 1.165) is 24.1 Å². The minimum Gasteiger partial charge on any atom is -0.468 e. The monoisotopic (exact) mass is 871 g/mol. The van der Waals surface area contributed by atoms with Gasteiger partial charge in [-0.3, -0.25) is 0 Å². The lowest BCUT2D eigenvalue weighted by molar-refractivity contribution is 0.332. The molecule has 0 N–H and O–H groups in total. The lowest BCUT2D eigenvalue weighted by Crippen LogP contribution is -2.61. The number of anilines is 6. The van der Waals surface area contributed by atoms with E-state index in [9.17, 15) is 0 Å². The maximum Gasteiger partial charge on any atom is 0.297 e. The Labute approximate surface area is 396 Å². The fourth-order valence-corrected chi connectivity index (χ4v) is 11.6. The average molecular weight is 871 g/mol. The second kappa shape index (κ2) is 14.5. The van der Waals surface area contributed by atoms with Crippen LogP contribution in [0, 0.1) is 27.7 Å². The normalized spacial score (nSPS) is 16.3. The fourth-order valence-electron chi connectivity index (χ4n) is 11.6. The molecule has 3 nitrogen and oxygen atoms in total. The fraction of sp³-hybridized carbons (Fsp3) is 0.387. The van der Waals surface area contributed by atoms with Crippen molar-refractivity contribution in [2.75, 3.05) is 9.80 Å². The summed E-state index contributed by atoms with van der Waals surface area (Å²) in [4.78, 5) is 5.24. The number of nitrogens with zero attached hydrogens (tertiary/aromatic N) is 2. The Balaban J connectivity index is 1.34. The van der Waals surface area contributed by atoms with E-state index < -0.39 is 0 Å². The number of hydrogen-bond acceptors (Lipinski definition) is 3. The smallest absolute Gasteiger partial charge is 0.297 e. The second-order valence-corrected chi connectivity index (χ2v) is 24.9. The molecule has 1 aromatic heterocycles. The molecule has 0 saturated carbocycles. The van der Waals surface area contributed by atoms with Crippen molar-refractivity contribution in [3.05, 3.63) is 147 Å². The number of rotatable bonds is 3. The van der Waals surface area contributed by atoms with Crippen LogP contribution in [0.4, 0.5) is 34.1 Å². The highest BCUT2D eigenvalue weighted by Gasteiger charge is 2.49. The van der Waals surface area contributed by atoms with Gasteiger partial charge in [0.1, 0.15) is 5.58 Å². The first-order chi connectivity index (χ1) is 30.7. The third-order valence-electron chi connectivity index (χ3n) is 15.8. The Morgan fingerprint density at radius 3 is 1.68 bits per heavy atom. The molecule has 66 heavy (non-hydrogen) atoms. The molecule has 10 rings (SSSR count). The maximum atomic E-state index is 7.47. The molecule has 6 aromatic carbocycles. The van der Waals surface area contributed by atoms with E-state index >= 15 is 0 Å². The van der Waals surface area contributed by atoms with Gasteiger partial charge in [-0.1, -0.05) is 132 Å². The van der Waals surface area contributed by atoms with E-state index in [4.69, 9.17) is 4.42 Å². The van der Waals surface area contributed by atoms with Crippen molar-refractivity contribution in [1.29, 1.82) is 0 Å². The molecule has 0 atom stereocenters. The van der Waals surface area contributed by atoms with Gasteiger partial charge in [0.15, 0.2) is 0 Å². The molecule has 3 heterocycles. The lowest BCUT2D eigenvalue weighted by Gasteiger charge is -2.47. The zero-order valence-corrected chi connectivity index (χ0v) is 43.0. The third kappa shape index (κ3) is 6.90. The molecule has 338 valence electrons. The topological polar surface area (TPSA) is 19.6 Å². The lowest BCUT2D eigenvalue weighted by atomic mass is 9.35. The van der Waals surface area contributed by atoms with E-state index in [1.165, 1.54) is 112 Å². The highest BCUT2D eigenvalue weighted by Crippen LogP contribution is 2.52. The summed E-state index contributed by atoms with van der Waals surface area (Å²) in [5, 5.41) is 1.17. The molecule has 0 saturated heterocycles. The number of aryl methyl sites for hydroxylation is 4. The third-order valence-corrected chi connectivity index (χ3v) is 15.8. The van der Waals surface area contributed by atoms with E-state index in [2.05, 4.69) is 225 Å². The zero-order chi connectivity index (χ0) is 47.4. The van der Waals surface area contributed by atoms with Crippen molar-refractivity contribution >= 4 is 68.4 Å². The van der Waals surface area contributed by atoms with E-state index in [1.54, 1.807) is 0 Å². The van der Waals surface area contributed by atoms with Gasteiger partial charge in [0.05, 0.1) is 11.3 Å². The summed E-state index contributed by atoms with van der Waals surface area (Å²) >= 11 is 0. The average Bonchev–Trinajstić information content (AvgIpc) is 3.60. The standard InChI is InChI=1S/C62H71BN2O/c1-36-27-51-55-52(28-36)65(49-23-21-40(29-39(49)4)54-37(2)19-18-20-38(54)3)50-35-47-46(61(14,15)25-26-62(47,16)17)34-48(50)63(55)57-56(45-33-41(58(5,6)7)22-24-53(45)66-57)64(51)44-31-42(59(8,9)10)30-43(32-44)60(11,12)13/h18-24,27-35H,25-26H2,1-17H3. The van der Waals surface area contributed by atoms with Crippen LogP contribution in [0.3, 0.4) is 0 Å². The van der Waals surface area contributed by atoms with Gasteiger partial charge < -0.3 is 14.2 Å². The molecule has 0 spiro atoms. The van der Waals surface area contributed by atoms with Gasteiger partial charge in [-0.05, 0) is 194 Å². The molecule has 7 aromatic rings. The highest BCUT2D eigenvalue weighted by atomic mass is 16.3. The molecule has 0 unspecified atom stereocenters. The number of hydrogen-bond donors (Lipinski definition) is 0. The van der Waals surface area contributed by atoms with Gasteiger partial charge >= 0.3 is 0 Å². The van der Waals surface area contributed by atoms with Crippen LogP contribution in [0.2, 0.25) is 0 Å². The Morgan fingerprint density at radius 1 is 0.530 bits per heavy atom. The Morgan fingerprint density at radius 2 is 1.11 bits per heavy atom. The van der Waals surface area contributed by atoms with Crippen molar-refractivity contribution in [3.8, 4) is 11.1 Å². The molecule has 0 bridgehead atoms. The number of fused-ring (bicyclic) bond motifs is 7. The molecular weight excluding hydrogens is 800 g/mol. The Hall–Kier alpha value is -5.48. The first kappa shape index (κ1) is 44.4. The van der Waals surface area contributed by atoms with Gasteiger partial charge in [-0.25, -0.2) is 0 Å². The minimum atomic E-state index is -0.119. The first-order valence-corrected chi connectivity index (χ1v) is 24.6. The highest BCUT2D eigenvalue weighted by molar-refractivity contribution is 7.00. The van der Waals surface area contributed by atoms with Gasteiger partial charge in [0.25, 0.3) is 6.71 Å². The second-order valence-electron chi connectivity index (χ2n) is 24.9. The van der Waals surface area contributed by atoms with Crippen LogP contribution in [-0.2, 0) is 27.1 Å². The van der Waals surface area contributed by atoms with Crippen molar-refractivity contribution in [2.24, 2.45) is 0 Å². The summed E-state index contributed by atoms with van der Waals surface area (Å²) in [5.41, 5.74) is 26.4. The number of benzene rings is 6. The van der Waals surface area contributed by atoms with Crippen molar-refractivity contribution < 1.29 is 4.42 Å². The molecule has 0 radical (unpaired) electrons. The van der Waals surface area contributed by atoms with Gasteiger partial charge in [-0.2, -0.15) is 0 Å². The first-order valence-electron chi connectivity index (χ1n) is 24.6. The van der Waals surface area contributed by atoms with E-state index in [1.807, 2.05) is 0 Å². The van der Waals surface area contributed by atoms with Crippen LogP contribution in [0.1, 0.15) is 153 Å². The van der Waals surface area contributed by atoms with Crippen LogP contribution < -0.4 is 26.4 Å². The summed E-state index contributed by atoms with van der Waals surface area (Å²) in [6.45, 7) is 39.9. The predicted molar refractivity (Wildman–Crippen MR) is 286 cm³/mol. The molecule has 3 aliphatic rings. The van der Waals surface area contributed by atoms with Crippen LogP contribution >= 0.6 is 0 Å². The van der Waals surface area contributed by atoms with E-state index in [-0.39, 0.29) is 33.8 Å². The summed E-state index contributed by atoms with van der Waals surface area (Å²) < 4.78 is 7.47. The van der Waals surface area contributed by atoms with Gasteiger partial charge in [0, 0.05) is 33.8 Å². The SMILES string of the molecule is Cc1cc2c3c(c1)N(c1cc(C(C)(C)C)cc(C(C)(C)C)c1)c1c(oc4ccc(C(C)(C)C)cc14)B3c1cc3c(cc1N2c1ccc(-c2c(C)cccc2C)cc1C)C(C)(C)CCC3(C)C. The molecule has 0 fully saturated rings. The van der Waals surface area contributed by atoms with Crippen molar-refractivity contribution in [2.45, 2.75) is 158 Å². The molecule has 4 heteroatoms. The summed E-state index contributed by atoms with van der Waals surface area (Å²) in [6.07, 6.45) is 2.31. The van der Waals surface area contributed by atoms with Crippen LogP contribution in [-0.4, -0.2) is 6.71 Å². The molecule has 0 amide bonds. The maximum absolute atomic E-state index is 7.47. The summed E-state index contributed by atoms with van der Waals surface area (Å²) in [5.74, 6) is 0. The molecular formula is C62H71BN2O. The minimum absolute atomic E-state index is 0.0276. The van der Waals surface area contributed by atoms with Gasteiger partial charge in [0.2, 0.25) is 0 Å².